The summed E-state index contributed by atoms with van der Waals surface area (Å²) in [6.45, 7) is -0.477. The molecular formula is C22H29N5O7. The van der Waals surface area contributed by atoms with Crippen LogP contribution in [0.5, 0.6) is 0 Å². The van der Waals surface area contributed by atoms with Crippen molar-refractivity contribution in [2.45, 2.75) is 56.5 Å². The summed E-state index contributed by atoms with van der Waals surface area (Å²) < 4.78 is 0. The highest BCUT2D eigenvalue weighted by Crippen LogP contribution is 2.30. The lowest BCUT2D eigenvalue weighted by atomic mass is 9.97. The number of carboxylic acid groups (broad SMARTS) is 2. The lowest BCUT2D eigenvalue weighted by Gasteiger charge is -2.28. The topological polar surface area (TPSA) is 212 Å². The second kappa shape index (κ2) is 11.8. The first-order chi connectivity index (χ1) is 16.0. The predicted molar refractivity (Wildman–Crippen MR) is 120 cm³/mol. The molecule has 0 spiro atoms. The number of nitrogens with one attached hydrogen (secondary N) is 4. The normalized spacial score (nSPS) is 15.1. The molecule has 12 nitrogen and oxygen atoms in total. The number of aliphatic carboxylic acids is 2. The van der Waals surface area contributed by atoms with E-state index < -0.39 is 54.2 Å². The van der Waals surface area contributed by atoms with E-state index >= 15 is 0 Å². The van der Waals surface area contributed by atoms with Crippen molar-refractivity contribution >= 4 is 35.5 Å². The summed E-state index contributed by atoms with van der Waals surface area (Å²) in [5.41, 5.74) is 5.31. The van der Waals surface area contributed by atoms with Crippen molar-refractivity contribution in [2.24, 2.45) is 5.73 Å². The van der Waals surface area contributed by atoms with Gasteiger partial charge in [-0.25, -0.2) is 4.79 Å². The van der Waals surface area contributed by atoms with Gasteiger partial charge in [0.15, 0.2) is 0 Å². The number of carboxylic acids is 2. The van der Waals surface area contributed by atoms with Gasteiger partial charge in [0.05, 0.1) is 13.0 Å². The highest BCUT2D eigenvalue weighted by Gasteiger charge is 2.44. The first-order valence-electron chi connectivity index (χ1n) is 10.8. The van der Waals surface area contributed by atoms with Gasteiger partial charge in [-0.2, -0.15) is 0 Å². The molecule has 0 bridgehead atoms. The molecular weight excluding hydrogens is 446 g/mol. The zero-order valence-electron chi connectivity index (χ0n) is 18.6. The summed E-state index contributed by atoms with van der Waals surface area (Å²) >= 11 is 0. The number of carbonyl (C=O) groups is 5. The van der Waals surface area contributed by atoms with Crippen LogP contribution in [0.15, 0.2) is 24.3 Å². The minimum Gasteiger partial charge on any atom is -0.481 e. The Morgan fingerprint density at radius 2 is 1.65 bits per heavy atom. The molecule has 1 saturated carbocycles. The van der Waals surface area contributed by atoms with Crippen molar-refractivity contribution in [1.29, 1.82) is 5.41 Å². The van der Waals surface area contributed by atoms with E-state index in [-0.39, 0.29) is 25.1 Å². The van der Waals surface area contributed by atoms with E-state index in [0.717, 1.165) is 5.56 Å². The van der Waals surface area contributed by atoms with Gasteiger partial charge in [0, 0.05) is 12.0 Å². The third kappa shape index (κ3) is 7.57. The van der Waals surface area contributed by atoms with Crippen LogP contribution in [0.2, 0.25) is 0 Å². The van der Waals surface area contributed by atoms with Gasteiger partial charge in [0.1, 0.15) is 17.4 Å². The Morgan fingerprint density at radius 3 is 2.18 bits per heavy atom. The molecule has 8 N–H and O–H groups in total. The fraction of sp³-hybridized carbons (Fsp3) is 0.455. The lowest BCUT2D eigenvalue weighted by molar-refractivity contribution is -0.148. The monoisotopic (exact) mass is 475 g/mol. The van der Waals surface area contributed by atoms with Gasteiger partial charge in [-0.3, -0.25) is 24.6 Å². The average molecular weight is 476 g/mol. The maximum Gasteiger partial charge on any atom is 0.329 e. The van der Waals surface area contributed by atoms with Crippen molar-refractivity contribution in [3.8, 4) is 0 Å². The Labute approximate surface area is 195 Å². The Balaban J connectivity index is 1.85. The molecule has 1 aromatic carbocycles. The Kier molecular flexibility index (Phi) is 9.10. The van der Waals surface area contributed by atoms with Crippen molar-refractivity contribution < 1.29 is 34.2 Å². The first-order valence-corrected chi connectivity index (χ1v) is 10.8. The van der Waals surface area contributed by atoms with Crippen LogP contribution in [0.3, 0.4) is 0 Å². The molecule has 0 saturated heterocycles. The second-order valence-corrected chi connectivity index (χ2v) is 8.19. The minimum absolute atomic E-state index is 0.0634. The number of amides is 3. The molecule has 3 amide bonds. The summed E-state index contributed by atoms with van der Waals surface area (Å²) in [5, 5.41) is 33.0. The molecule has 0 aliphatic heterocycles. The van der Waals surface area contributed by atoms with E-state index in [1.807, 2.05) is 0 Å². The largest absolute Gasteiger partial charge is 0.481 e. The zero-order valence-corrected chi connectivity index (χ0v) is 18.6. The van der Waals surface area contributed by atoms with Crippen LogP contribution in [0.1, 0.15) is 49.7 Å². The number of amidine groups is 1. The molecule has 1 fully saturated rings. The summed E-state index contributed by atoms with van der Waals surface area (Å²) in [5.74, 6) is -4.73. The number of nitrogens with two attached hydrogens (primary N) is 1. The molecule has 1 aliphatic carbocycles. The van der Waals surface area contributed by atoms with Crippen LogP contribution >= 0.6 is 0 Å². The van der Waals surface area contributed by atoms with E-state index in [2.05, 4.69) is 16.0 Å². The molecule has 0 unspecified atom stereocenters. The Bertz CT molecular complexity index is 955. The van der Waals surface area contributed by atoms with Crippen LogP contribution in [-0.2, 0) is 30.4 Å². The van der Waals surface area contributed by atoms with Crippen LogP contribution in [0, 0.1) is 5.41 Å². The van der Waals surface area contributed by atoms with Gasteiger partial charge in [0.25, 0.3) is 0 Å². The van der Waals surface area contributed by atoms with E-state index in [1.165, 1.54) is 0 Å². The average Bonchev–Trinajstić information content (AvgIpc) is 3.25. The SMILES string of the molecule is N=C(N)c1ccc(CCC(=O)NCC(=O)N[C@@H](CC(=O)O)C(=O)NC2(C(=O)O)CCCC2)cc1. The summed E-state index contributed by atoms with van der Waals surface area (Å²) in [4.78, 5) is 59.7. The van der Waals surface area contributed by atoms with Crippen LogP contribution in [0.25, 0.3) is 0 Å². The number of aryl methyl sites for hydroxylation is 1. The van der Waals surface area contributed by atoms with Gasteiger partial charge < -0.3 is 31.9 Å². The van der Waals surface area contributed by atoms with Crippen LogP contribution in [0.4, 0.5) is 0 Å². The van der Waals surface area contributed by atoms with E-state index in [0.29, 0.717) is 24.8 Å². The standard InChI is InChI=1S/C22H29N5O7/c23-19(24)14-6-3-13(4-7-14)5-8-16(28)25-12-17(29)26-15(11-18(30)31)20(32)27-22(21(33)34)9-1-2-10-22/h3-4,6-7,15H,1-2,5,8-12H2,(H3,23,24)(H,25,28)(H,26,29)(H,27,32)(H,30,31)(H,33,34)/t15-/m0/s1. The molecule has 34 heavy (non-hydrogen) atoms. The van der Waals surface area contributed by atoms with Gasteiger partial charge in [-0.05, 0) is 24.8 Å². The van der Waals surface area contributed by atoms with Crippen molar-refractivity contribution in [3.05, 3.63) is 35.4 Å². The number of benzene rings is 1. The highest BCUT2D eigenvalue weighted by atomic mass is 16.4. The number of nitrogen functional groups attached to an aromatic ring is 1. The Hall–Kier alpha value is -3.96. The third-order valence-corrected chi connectivity index (χ3v) is 5.61. The van der Waals surface area contributed by atoms with E-state index in [4.69, 9.17) is 16.2 Å². The molecule has 1 atom stereocenters. The lowest BCUT2D eigenvalue weighted by Crippen LogP contribution is -2.59. The maximum absolute atomic E-state index is 12.6. The molecule has 1 aliphatic rings. The van der Waals surface area contributed by atoms with Gasteiger partial charge in [-0.15, -0.1) is 0 Å². The van der Waals surface area contributed by atoms with Crippen LogP contribution in [-0.4, -0.2) is 63.8 Å². The molecule has 0 heterocycles. The molecule has 12 heteroatoms. The number of rotatable bonds is 12. The highest BCUT2D eigenvalue weighted by molar-refractivity contribution is 5.95. The molecule has 0 radical (unpaired) electrons. The fourth-order valence-electron chi connectivity index (χ4n) is 3.70. The van der Waals surface area contributed by atoms with Crippen molar-refractivity contribution in [1.82, 2.24) is 16.0 Å². The number of hydrogen-bond acceptors (Lipinski definition) is 6. The third-order valence-electron chi connectivity index (χ3n) is 5.61. The van der Waals surface area contributed by atoms with E-state index in [9.17, 15) is 29.1 Å². The molecule has 0 aromatic heterocycles. The van der Waals surface area contributed by atoms with Crippen LogP contribution < -0.4 is 21.7 Å². The summed E-state index contributed by atoms with van der Waals surface area (Å²) in [6, 6.07) is 5.31. The molecule has 1 aromatic rings. The molecule has 184 valence electrons. The molecule has 2 rings (SSSR count). The Morgan fingerprint density at radius 1 is 1.03 bits per heavy atom. The predicted octanol–water partition coefficient (Wildman–Crippen LogP) is -0.507. The van der Waals surface area contributed by atoms with Gasteiger partial charge in [0.2, 0.25) is 17.7 Å². The maximum atomic E-state index is 12.6. The number of hydrogen-bond donors (Lipinski definition) is 7. The quantitative estimate of drug-likeness (QED) is 0.154. The fourth-order valence-corrected chi connectivity index (χ4v) is 3.70. The smallest absolute Gasteiger partial charge is 0.329 e. The zero-order chi connectivity index (χ0) is 25.3. The van der Waals surface area contributed by atoms with Gasteiger partial charge in [-0.1, -0.05) is 37.1 Å². The second-order valence-electron chi connectivity index (χ2n) is 8.19. The summed E-state index contributed by atoms with van der Waals surface area (Å²) in [7, 11) is 0. The van der Waals surface area contributed by atoms with E-state index in [1.54, 1.807) is 24.3 Å². The van der Waals surface area contributed by atoms with Crippen molar-refractivity contribution in [2.75, 3.05) is 6.54 Å². The van der Waals surface area contributed by atoms with Gasteiger partial charge >= 0.3 is 11.9 Å². The minimum atomic E-state index is -1.49. The number of carbonyl (C=O) groups excluding carboxylic acids is 3. The first kappa shape index (κ1) is 26.3. The van der Waals surface area contributed by atoms with Crippen molar-refractivity contribution in [3.63, 3.8) is 0 Å². The summed E-state index contributed by atoms with van der Waals surface area (Å²) in [6.07, 6.45) is 1.37.